The first-order chi connectivity index (χ1) is 35.7. The maximum Gasteiger partial charge on any atom is 0.135 e. The van der Waals surface area contributed by atoms with Crippen LogP contribution in [0.2, 0.25) is 0 Å². The van der Waals surface area contributed by atoms with Crippen molar-refractivity contribution in [3.05, 3.63) is 275 Å². The fourth-order valence-corrected chi connectivity index (χ4v) is 13.0. The van der Waals surface area contributed by atoms with Crippen molar-refractivity contribution in [2.75, 3.05) is 0 Å². The number of benzene rings is 9. The summed E-state index contributed by atoms with van der Waals surface area (Å²) in [5, 5.41) is 2.29. The number of hydrogen-bond acceptors (Lipinski definition) is 2. The molecule has 14 rings (SSSR count). The highest BCUT2D eigenvalue weighted by Gasteiger charge is 2.52. The van der Waals surface area contributed by atoms with E-state index >= 15 is 0 Å². The monoisotopic (exact) mass is 923 g/mol. The number of hydrogen-bond donors (Lipinski definition) is 0. The summed E-state index contributed by atoms with van der Waals surface area (Å²) in [6.07, 6.45) is 14.4. The van der Waals surface area contributed by atoms with Crippen molar-refractivity contribution < 1.29 is 4.42 Å². The fourth-order valence-electron chi connectivity index (χ4n) is 13.0. The molecular formula is C70H53NO. The third-order valence-electron chi connectivity index (χ3n) is 16.2. The maximum absolute atomic E-state index is 6.31. The van der Waals surface area contributed by atoms with Gasteiger partial charge >= 0.3 is 0 Å². The molecule has 344 valence electrons. The number of allylic oxidation sites excluding steroid dienone is 5. The number of para-hydroxylation sites is 1. The minimum Gasteiger partial charge on any atom is -0.456 e. The molecule has 0 fully saturated rings. The lowest BCUT2D eigenvalue weighted by Gasteiger charge is -2.32. The van der Waals surface area contributed by atoms with E-state index in [1.54, 1.807) is 0 Å². The van der Waals surface area contributed by atoms with Crippen LogP contribution in [-0.2, 0) is 5.41 Å². The lowest BCUT2D eigenvalue weighted by molar-refractivity contribution is 0.519. The van der Waals surface area contributed by atoms with Crippen molar-refractivity contribution in [1.82, 2.24) is 0 Å². The van der Waals surface area contributed by atoms with Crippen LogP contribution in [0.3, 0.4) is 0 Å². The van der Waals surface area contributed by atoms with E-state index in [0.29, 0.717) is 0 Å². The number of rotatable bonds is 7. The number of furan rings is 1. The van der Waals surface area contributed by atoms with E-state index in [4.69, 9.17) is 9.41 Å². The predicted molar refractivity (Wildman–Crippen MR) is 300 cm³/mol. The standard InChI is InChI=1S/C70H53NO/c1-2-53-54(29-19-34-65(71-69(53)47-24-10-5-11-25-47)52-41-50(45-20-6-3-7-21-45)40-51(42-52)46-22-8-4-9-23-46)58-30-18-33-63-68(58)59-38-36-49(48-37-39-67-60(43-48)57-28-14-17-35-66(57)72-67)44-64(59)70(63)61-31-15-12-26-55(61)56-27-13-16-32-62(56)70/h3,5-8,10-18,20-33,35-44,53,69H,2,4,9,19,34H2,1H3. The van der Waals surface area contributed by atoms with E-state index in [1.807, 2.05) is 6.07 Å². The maximum atomic E-state index is 6.31. The Balaban J connectivity index is 0.958. The molecule has 0 radical (unpaired) electrons. The molecule has 2 unspecified atom stereocenters. The highest BCUT2D eigenvalue weighted by molar-refractivity contribution is 6.07. The Labute approximate surface area is 422 Å². The van der Waals surface area contributed by atoms with Crippen LogP contribution in [0.15, 0.2) is 240 Å². The Hall–Kier alpha value is -8.33. The molecule has 0 amide bonds. The molecule has 0 bridgehead atoms. The van der Waals surface area contributed by atoms with Gasteiger partial charge in [0, 0.05) is 22.4 Å². The minimum absolute atomic E-state index is 0.0923. The van der Waals surface area contributed by atoms with E-state index in [2.05, 4.69) is 231 Å². The van der Waals surface area contributed by atoms with E-state index in [1.165, 1.54) is 106 Å². The summed E-state index contributed by atoms with van der Waals surface area (Å²) < 4.78 is 6.31. The fraction of sp³-hybridized carbons (Fsp3) is 0.129. The highest BCUT2D eigenvalue weighted by Crippen LogP contribution is 2.64. The van der Waals surface area contributed by atoms with Crippen molar-refractivity contribution >= 4 is 38.8 Å². The molecular weight excluding hydrogens is 871 g/mol. The summed E-state index contributed by atoms with van der Waals surface area (Å²) in [5.41, 5.74) is 25.7. The SMILES string of the molecule is CCC1C(c2cccc3c2-c2ccc(-c4ccc5oc6ccccc6c5c4)cc2C32c3ccccc3-c3ccccc32)=CCCC(c2cc(C3=CCCC=C3)cc(-c3ccccc3)c2)=NC1c1ccccc1. The van der Waals surface area contributed by atoms with Crippen LogP contribution >= 0.6 is 0 Å². The Morgan fingerprint density at radius 3 is 1.93 bits per heavy atom. The lowest BCUT2D eigenvalue weighted by Crippen LogP contribution is -2.26. The quantitative estimate of drug-likeness (QED) is 0.156. The zero-order valence-corrected chi connectivity index (χ0v) is 40.5. The summed E-state index contributed by atoms with van der Waals surface area (Å²) in [7, 11) is 0. The van der Waals surface area contributed by atoms with Crippen LogP contribution < -0.4 is 0 Å². The summed E-state index contributed by atoms with van der Waals surface area (Å²) >= 11 is 0. The molecule has 10 aromatic rings. The van der Waals surface area contributed by atoms with Crippen molar-refractivity contribution in [2.45, 2.75) is 50.5 Å². The molecule has 1 aromatic heterocycles. The average Bonchev–Trinajstić information content (AvgIpc) is 4.08. The van der Waals surface area contributed by atoms with E-state index in [-0.39, 0.29) is 12.0 Å². The van der Waals surface area contributed by atoms with Crippen LogP contribution in [0.1, 0.15) is 89.6 Å². The van der Waals surface area contributed by atoms with Crippen LogP contribution in [0.5, 0.6) is 0 Å². The molecule has 9 aromatic carbocycles. The summed E-state index contributed by atoms with van der Waals surface area (Å²) in [5.74, 6) is 0.119. The Morgan fingerprint density at radius 1 is 0.472 bits per heavy atom. The van der Waals surface area contributed by atoms with E-state index in [0.717, 1.165) is 54.0 Å². The third-order valence-corrected chi connectivity index (χ3v) is 16.2. The minimum atomic E-state index is -0.505. The van der Waals surface area contributed by atoms with Gasteiger partial charge in [0.05, 0.1) is 11.5 Å². The lowest BCUT2D eigenvalue weighted by atomic mass is 9.70. The molecule has 72 heavy (non-hydrogen) atoms. The van der Waals surface area contributed by atoms with E-state index in [9.17, 15) is 0 Å². The van der Waals surface area contributed by atoms with Crippen LogP contribution in [-0.4, -0.2) is 5.71 Å². The smallest absolute Gasteiger partial charge is 0.135 e. The van der Waals surface area contributed by atoms with Gasteiger partial charge in [-0.15, -0.1) is 0 Å². The second-order valence-electron chi connectivity index (χ2n) is 20.1. The first-order valence-electron chi connectivity index (χ1n) is 25.9. The number of fused-ring (bicyclic) bond motifs is 13. The molecule has 0 saturated carbocycles. The summed E-state index contributed by atoms with van der Waals surface area (Å²) in [4.78, 5) is 6.01. The molecule has 3 aliphatic carbocycles. The molecule has 2 atom stereocenters. The Morgan fingerprint density at radius 2 is 1.14 bits per heavy atom. The van der Waals surface area contributed by atoms with E-state index < -0.39 is 5.41 Å². The highest BCUT2D eigenvalue weighted by atomic mass is 16.3. The first kappa shape index (κ1) is 42.5. The Bertz CT molecular complexity index is 3870. The second-order valence-corrected chi connectivity index (χ2v) is 20.1. The summed E-state index contributed by atoms with van der Waals surface area (Å²) in [6, 6.07) is 77.0. The topological polar surface area (TPSA) is 25.5 Å². The molecule has 0 N–H and O–H groups in total. The summed E-state index contributed by atoms with van der Waals surface area (Å²) in [6.45, 7) is 2.37. The average molecular weight is 924 g/mol. The van der Waals surface area contributed by atoms with Gasteiger partial charge in [0.25, 0.3) is 0 Å². The zero-order chi connectivity index (χ0) is 47.8. The van der Waals surface area contributed by atoms with Gasteiger partial charge < -0.3 is 4.42 Å². The largest absolute Gasteiger partial charge is 0.456 e. The van der Waals surface area contributed by atoms with Gasteiger partial charge in [-0.05, 0) is 175 Å². The van der Waals surface area contributed by atoms with Gasteiger partial charge in [-0.1, -0.05) is 195 Å². The molecule has 2 nitrogen and oxygen atoms in total. The van der Waals surface area contributed by atoms with Gasteiger partial charge in [-0.25, -0.2) is 0 Å². The normalized spacial score (nSPS) is 17.4. The number of aliphatic imine (C=N–C) groups is 1. The molecule has 0 saturated heterocycles. The van der Waals surface area contributed by atoms with Crippen molar-refractivity contribution in [2.24, 2.45) is 10.9 Å². The van der Waals surface area contributed by atoms with Gasteiger partial charge in [0.2, 0.25) is 0 Å². The third kappa shape index (κ3) is 6.66. The molecule has 2 heterocycles. The molecule has 2 heteroatoms. The van der Waals surface area contributed by atoms with Crippen LogP contribution in [0, 0.1) is 5.92 Å². The van der Waals surface area contributed by atoms with Gasteiger partial charge in [0.15, 0.2) is 0 Å². The molecule has 1 aliphatic heterocycles. The van der Waals surface area contributed by atoms with Crippen molar-refractivity contribution in [3.8, 4) is 44.5 Å². The molecule has 4 aliphatic rings. The number of nitrogens with zero attached hydrogens (tertiary/aromatic N) is 1. The first-order valence-corrected chi connectivity index (χ1v) is 25.9. The van der Waals surface area contributed by atoms with Crippen LogP contribution in [0.25, 0.3) is 77.6 Å². The molecule has 1 spiro atoms. The van der Waals surface area contributed by atoms with Crippen molar-refractivity contribution in [3.63, 3.8) is 0 Å². The van der Waals surface area contributed by atoms with Crippen LogP contribution in [0.4, 0.5) is 0 Å². The van der Waals surface area contributed by atoms with Crippen molar-refractivity contribution in [1.29, 1.82) is 0 Å². The van der Waals surface area contributed by atoms with Gasteiger partial charge in [-0.2, -0.15) is 0 Å². The van der Waals surface area contributed by atoms with Gasteiger partial charge in [-0.3, -0.25) is 4.99 Å². The second kappa shape index (κ2) is 17.2. The van der Waals surface area contributed by atoms with Gasteiger partial charge in [0.1, 0.15) is 11.2 Å². The zero-order valence-electron chi connectivity index (χ0n) is 40.5. The predicted octanol–water partition coefficient (Wildman–Crippen LogP) is 18.4. The Kier molecular flexibility index (Phi) is 10.2.